The highest BCUT2D eigenvalue weighted by molar-refractivity contribution is 6.10. The van der Waals surface area contributed by atoms with Crippen molar-refractivity contribution in [3.63, 3.8) is 0 Å². The topological polar surface area (TPSA) is 81.9 Å². The first-order valence-corrected chi connectivity index (χ1v) is 12.7. The molecule has 1 unspecified atom stereocenters. The molecule has 2 aromatic carbocycles. The van der Waals surface area contributed by atoms with E-state index in [1.165, 1.54) is 17.0 Å². The number of amides is 1. The summed E-state index contributed by atoms with van der Waals surface area (Å²) in [5.74, 6) is 0.777. The summed E-state index contributed by atoms with van der Waals surface area (Å²) in [5, 5.41) is 0.0685. The first-order chi connectivity index (χ1) is 18.3. The standard InChI is InChI=1S/C30H29FN2O5/c1-5-36-24-14-19(7-9-23(24)37-13-12-17(2)3)27-26-28(34)21-15-20(31)8-10-22(21)38-29(26)30(35)33(27)25-11-6-18(4)16-32-25/h6-11,14-17,27H,5,12-13H2,1-4H3. The van der Waals surface area contributed by atoms with E-state index in [9.17, 15) is 14.0 Å². The van der Waals surface area contributed by atoms with Crippen LogP contribution in [-0.2, 0) is 0 Å². The lowest BCUT2D eigenvalue weighted by Gasteiger charge is -2.25. The zero-order valence-corrected chi connectivity index (χ0v) is 21.8. The van der Waals surface area contributed by atoms with Crippen molar-refractivity contribution in [1.29, 1.82) is 0 Å². The lowest BCUT2D eigenvalue weighted by molar-refractivity contribution is 0.0970. The highest BCUT2D eigenvalue weighted by atomic mass is 19.1. The molecule has 0 saturated carbocycles. The van der Waals surface area contributed by atoms with Crippen molar-refractivity contribution in [3.8, 4) is 11.5 Å². The van der Waals surface area contributed by atoms with Crippen molar-refractivity contribution in [2.45, 2.75) is 40.2 Å². The van der Waals surface area contributed by atoms with Crippen LogP contribution in [0.4, 0.5) is 10.2 Å². The van der Waals surface area contributed by atoms with Crippen LogP contribution in [0.5, 0.6) is 11.5 Å². The van der Waals surface area contributed by atoms with Crippen molar-refractivity contribution in [2.75, 3.05) is 18.1 Å². The second-order valence-corrected chi connectivity index (χ2v) is 9.76. The van der Waals surface area contributed by atoms with Crippen LogP contribution in [0.3, 0.4) is 0 Å². The first-order valence-electron chi connectivity index (χ1n) is 12.7. The number of rotatable bonds is 8. The van der Waals surface area contributed by atoms with Gasteiger partial charge in [-0.15, -0.1) is 0 Å². The minimum absolute atomic E-state index is 0.0685. The molecule has 1 aliphatic rings. The maximum Gasteiger partial charge on any atom is 0.296 e. The average molecular weight is 517 g/mol. The molecule has 1 aliphatic heterocycles. The zero-order chi connectivity index (χ0) is 27.0. The highest BCUT2D eigenvalue weighted by Gasteiger charge is 2.44. The monoisotopic (exact) mass is 516 g/mol. The summed E-state index contributed by atoms with van der Waals surface area (Å²) >= 11 is 0. The fourth-order valence-electron chi connectivity index (χ4n) is 4.59. The van der Waals surface area contributed by atoms with Crippen LogP contribution in [0.25, 0.3) is 11.0 Å². The average Bonchev–Trinajstić information content (AvgIpc) is 3.18. The van der Waals surface area contributed by atoms with Crippen molar-refractivity contribution in [3.05, 3.63) is 93.2 Å². The van der Waals surface area contributed by atoms with E-state index in [1.54, 1.807) is 30.5 Å². The Kier molecular flexibility index (Phi) is 6.89. The maximum atomic E-state index is 14.1. The summed E-state index contributed by atoms with van der Waals surface area (Å²) in [4.78, 5) is 33.4. The number of aromatic nitrogens is 1. The Balaban J connectivity index is 1.69. The summed E-state index contributed by atoms with van der Waals surface area (Å²) in [6.45, 7) is 8.95. The zero-order valence-electron chi connectivity index (χ0n) is 21.8. The molecule has 3 heterocycles. The lowest BCUT2D eigenvalue weighted by Crippen LogP contribution is -2.30. The first kappa shape index (κ1) is 25.4. The molecule has 0 aliphatic carbocycles. The van der Waals surface area contributed by atoms with Gasteiger partial charge in [0.15, 0.2) is 16.9 Å². The minimum atomic E-state index is -0.861. The van der Waals surface area contributed by atoms with Gasteiger partial charge in [0.2, 0.25) is 5.76 Å². The minimum Gasteiger partial charge on any atom is -0.490 e. The van der Waals surface area contributed by atoms with Crippen molar-refractivity contribution in [2.24, 2.45) is 5.92 Å². The Hall–Kier alpha value is -4.20. The number of carbonyl (C=O) groups excluding carboxylic acids is 1. The number of halogens is 1. The number of ether oxygens (including phenoxy) is 2. The van der Waals surface area contributed by atoms with Gasteiger partial charge in [0.1, 0.15) is 17.2 Å². The number of carbonyl (C=O) groups is 1. The van der Waals surface area contributed by atoms with E-state index in [4.69, 9.17) is 13.9 Å². The van der Waals surface area contributed by atoms with Crippen LogP contribution in [-0.4, -0.2) is 24.1 Å². The van der Waals surface area contributed by atoms with E-state index in [-0.39, 0.29) is 22.3 Å². The Bertz CT molecular complexity index is 1560. The Labute approximate surface area is 219 Å². The van der Waals surface area contributed by atoms with Crippen LogP contribution < -0.4 is 19.8 Å². The predicted octanol–water partition coefficient (Wildman–Crippen LogP) is 6.21. The third-order valence-corrected chi connectivity index (χ3v) is 6.51. The molecule has 196 valence electrons. The van der Waals surface area contributed by atoms with Gasteiger partial charge in [-0.05, 0) is 73.7 Å². The maximum absolute atomic E-state index is 14.1. The van der Waals surface area contributed by atoms with Crippen molar-refractivity contribution < 1.29 is 23.1 Å². The normalized spacial score (nSPS) is 14.8. The summed E-state index contributed by atoms with van der Waals surface area (Å²) in [7, 11) is 0. The fourth-order valence-corrected chi connectivity index (χ4v) is 4.59. The molecule has 0 spiro atoms. The third kappa shape index (κ3) is 4.62. The summed E-state index contributed by atoms with van der Waals surface area (Å²) in [6.07, 6.45) is 2.54. The van der Waals surface area contributed by atoms with Gasteiger partial charge in [-0.3, -0.25) is 14.5 Å². The van der Waals surface area contributed by atoms with Crippen LogP contribution >= 0.6 is 0 Å². The Morgan fingerprint density at radius 1 is 1.05 bits per heavy atom. The highest BCUT2D eigenvalue weighted by Crippen LogP contribution is 2.43. The number of pyridine rings is 1. The molecule has 1 amide bonds. The number of aryl methyl sites for hydroxylation is 1. The third-order valence-electron chi connectivity index (χ3n) is 6.51. The molecule has 1 atom stereocenters. The van der Waals surface area contributed by atoms with Crippen LogP contribution in [0.15, 0.2) is 63.9 Å². The molecule has 0 N–H and O–H groups in total. The van der Waals surface area contributed by atoms with E-state index in [0.29, 0.717) is 42.0 Å². The molecule has 0 fully saturated rings. The smallest absolute Gasteiger partial charge is 0.296 e. The largest absolute Gasteiger partial charge is 0.490 e. The second kappa shape index (κ2) is 10.3. The Morgan fingerprint density at radius 2 is 1.87 bits per heavy atom. The van der Waals surface area contributed by atoms with Crippen LogP contribution in [0, 0.1) is 18.7 Å². The Morgan fingerprint density at radius 3 is 2.58 bits per heavy atom. The van der Waals surface area contributed by atoms with Gasteiger partial charge < -0.3 is 13.9 Å². The number of fused-ring (bicyclic) bond motifs is 2. The summed E-state index contributed by atoms with van der Waals surface area (Å²) < 4.78 is 31.9. The molecule has 38 heavy (non-hydrogen) atoms. The summed E-state index contributed by atoms with van der Waals surface area (Å²) in [5.41, 5.74) is 1.34. The van der Waals surface area contributed by atoms with E-state index in [2.05, 4.69) is 18.8 Å². The molecule has 8 heteroatoms. The van der Waals surface area contributed by atoms with Gasteiger partial charge >= 0.3 is 0 Å². The number of nitrogens with zero attached hydrogens (tertiary/aromatic N) is 2. The van der Waals surface area contributed by atoms with E-state index in [1.807, 2.05) is 19.9 Å². The summed E-state index contributed by atoms with van der Waals surface area (Å²) in [6, 6.07) is 11.8. The van der Waals surface area contributed by atoms with Gasteiger partial charge in [-0.2, -0.15) is 0 Å². The van der Waals surface area contributed by atoms with Gasteiger partial charge in [-0.1, -0.05) is 26.0 Å². The van der Waals surface area contributed by atoms with Gasteiger partial charge in [0.05, 0.1) is 30.2 Å². The number of benzene rings is 2. The second-order valence-electron chi connectivity index (χ2n) is 9.76. The van der Waals surface area contributed by atoms with Crippen molar-refractivity contribution in [1.82, 2.24) is 4.98 Å². The molecular formula is C30H29FN2O5. The van der Waals surface area contributed by atoms with Crippen LogP contribution in [0.1, 0.15) is 60.5 Å². The predicted molar refractivity (Wildman–Crippen MR) is 143 cm³/mol. The fraction of sp³-hybridized carbons (Fsp3) is 0.300. The molecule has 0 radical (unpaired) electrons. The molecule has 5 rings (SSSR count). The lowest BCUT2D eigenvalue weighted by atomic mass is 9.98. The van der Waals surface area contributed by atoms with Crippen LogP contribution in [0.2, 0.25) is 0 Å². The quantitative estimate of drug-likeness (QED) is 0.277. The molecule has 0 saturated heterocycles. The molecule has 0 bridgehead atoms. The molecular weight excluding hydrogens is 487 g/mol. The van der Waals surface area contributed by atoms with Crippen molar-refractivity contribution >= 4 is 22.7 Å². The number of anilines is 1. The van der Waals surface area contributed by atoms with Gasteiger partial charge in [-0.25, -0.2) is 9.37 Å². The van der Waals surface area contributed by atoms with Gasteiger partial charge in [0.25, 0.3) is 5.91 Å². The molecule has 2 aromatic heterocycles. The SMILES string of the molecule is CCOc1cc(C2c3c(oc4ccc(F)cc4c3=O)C(=O)N2c2ccc(C)cn2)ccc1OCCC(C)C. The number of hydrogen-bond acceptors (Lipinski definition) is 6. The molecule has 4 aromatic rings. The van der Waals surface area contributed by atoms with Gasteiger partial charge in [0, 0.05) is 6.20 Å². The van der Waals surface area contributed by atoms with E-state index >= 15 is 0 Å². The van der Waals surface area contributed by atoms with E-state index < -0.39 is 23.2 Å². The van der Waals surface area contributed by atoms with E-state index in [0.717, 1.165) is 18.1 Å². The number of hydrogen-bond donors (Lipinski definition) is 0. The molecule has 7 nitrogen and oxygen atoms in total.